The number of halogens is 4. The van der Waals surface area contributed by atoms with Gasteiger partial charge < -0.3 is 0 Å². The van der Waals surface area contributed by atoms with Gasteiger partial charge in [0.2, 0.25) is 0 Å². The molecule has 0 N–H and O–H groups in total. The lowest BCUT2D eigenvalue weighted by atomic mass is 9.77. The van der Waals surface area contributed by atoms with Crippen LogP contribution in [0.5, 0.6) is 0 Å². The molecule has 1 fully saturated rings. The van der Waals surface area contributed by atoms with E-state index in [1.165, 1.54) is 0 Å². The van der Waals surface area contributed by atoms with Crippen molar-refractivity contribution >= 4 is 46.4 Å². The van der Waals surface area contributed by atoms with Gasteiger partial charge in [0.05, 0.1) is 10.8 Å². The van der Waals surface area contributed by atoms with Crippen molar-refractivity contribution in [1.82, 2.24) is 0 Å². The first-order chi connectivity index (χ1) is 7.09. The number of hydrogen-bond acceptors (Lipinski definition) is 0. The molecule has 1 saturated carbocycles. The smallest absolute Gasteiger partial charge is 0.0723 e. The Balaban J connectivity index is 2.06. The van der Waals surface area contributed by atoms with Crippen molar-refractivity contribution in [1.29, 1.82) is 0 Å². The monoisotopic (exact) mass is 282 g/mol. The number of rotatable bonds is 0. The molecule has 0 aromatic heterocycles. The van der Waals surface area contributed by atoms with Crippen molar-refractivity contribution in [2.45, 2.75) is 17.2 Å². The Labute approximate surface area is 109 Å². The first kappa shape index (κ1) is 10.8. The van der Waals surface area contributed by atoms with Gasteiger partial charge in [-0.25, -0.2) is 0 Å². The van der Waals surface area contributed by atoms with Gasteiger partial charge in [-0.1, -0.05) is 35.4 Å². The predicted octanol–water partition coefficient (Wildman–Crippen LogP) is 4.34. The lowest BCUT2D eigenvalue weighted by Crippen LogP contribution is -2.30. The van der Waals surface area contributed by atoms with Gasteiger partial charge in [-0.3, -0.25) is 0 Å². The first-order valence-electron chi connectivity index (χ1n) is 5.12. The first-order valence-corrected chi connectivity index (χ1v) is 6.75. The van der Waals surface area contributed by atoms with Crippen LogP contribution in [0.1, 0.15) is 6.42 Å². The van der Waals surface area contributed by atoms with Crippen molar-refractivity contribution in [2.24, 2.45) is 23.7 Å². The molecule has 0 saturated heterocycles. The molecule has 6 atom stereocenters. The van der Waals surface area contributed by atoms with Gasteiger partial charge in [0.1, 0.15) is 0 Å². The van der Waals surface area contributed by atoms with Gasteiger partial charge in [-0.05, 0) is 30.1 Å². The van der Waals surface area contributed by atoms with Crippen molar-refractivity contribution in [2.75, 3.05) is 0 Å². The summed E-state index contributed by atoms with van der Waals surface area (Å²) < 4.78 is 0. The zero-order valence-electron chi connectivity index (χ0n) is 7.84. The minimum atomic E-state index is -0.0550. The van der Waals surface area contributed by atoms with Crippen molar-refractivity contribution < 1.29 is 0 Å². The summed E-state index contributed by atoms with van der Waals surface area (Å²) in [6.45, 7) is 0. The van der Waals surface area contributed by atoms with E-state index in [1.54, 1.807) is 0 Å². The zero-order valence-corrected chi connectivity index (χ0v) is 10.9. The lowest BCUT2D eigenvalue weighted by Gasteiger charge is -2.34. The van der Waals surface area contributed by atoms with E-state index in [0.717, 1.165) is 16.5 Å². The van der Waals surface area contributed by atoms with Crippen LogP contribution in [-0.2, 0) is 0 Å². The molecule has 1 unspecified atom stereocenters. The number of alkyl halides is 2. The second-order valence-electron chi connectivity index (χ2n) is 4.62. The minimum Gasteiger partial charge on any atom is -0.117 e. The summed E-state index contributed by atoms with van der Waals surface area (Å²) in [4.78, 5) is 0. The number of allylic oxidation sites excluding steroid dienone is 4. The molecular weight excluding hydrogens is 274 g/mol. The fraction of sp³-hybridized carbons (Fsp3) is 0.636. The second kappa shape index (κ2) is 3.57. The van der Waals surface area contributed by atoms with E-state index in [9.17, 15) is 0 Å². The molecule has 0 aromatic rings. The predicted molar refractivity (Wildman–Crippen MR) is 65.7 cm³/mol. The third kappa shape index (κ3) is 1.42. The highest BCUT2D eigenvalue weighted by atomic mass is 35.5. The van der Waals surface area contributed by atoms with Crippen LogP contribution in [0.3, 0.4) is 0 Å². The highest BCUT2D eigenvalue weighted by molar-refractivity contribution is 6.38. The van der Waals surface area contributed by atoms with Crippen LogP contribution in [0, 0.1) is 23.7 Å². The summed E-state index contributed by atoms with van der Waals surface area (Å²) in [5.74, 6) is 1.72. The molecule has 0 spiro atoms. The Bertz CT molecular complexity index is 326. The molecule has 15 heavy (non-hydrogen) atoms. The van der Waals surface area contributed by atoms with E-state index in [2.05, 4.69) is 12.2 Å². The Morgan fingerprint density at radius 1 is 0.867 bits per heavy atom. The third-order valence-corrected chi connectivity index (χ3v) is 6.02. The maximum absolute atomic E-state index is 6.31. The molecule has 3 rings (SSSR count). The van der Waals surface area contributed by atoms with Crippen LogP contribution in [0.15, 0.2) is 22.2 Å². The standard InChI is InChI=1S/C11H10Cl4/c12-8-2-4-5-3-9(13)11(15)6(4)1-7(5)10(8)14/h2-7,10-11H,1H2/t4-,5?,6-,7-,10+,11+/m0/s1. The third-order valence-electron chi connectivity index (χ3n) is 3.96. The van der Waals surface area contributed by atoms with Crippen LogP contribution >= 0.6 is 46.4 Å². The fourth-order valence-corrected chi connectivity index (χ4v) is 4.56. The van der Waals surface area contributed by atoms with E-state index in [1.807, 2.05) is 0 Å². The molecule has 0 amide bonds. The Morgan fingerprint density at radius 2 is 1.27 bits per heavy atom. The van der Waals surface area contributed by atoms with Crippen LogP contribution in [-0.4, -0.2) is 10.8 Å². The van der Waals surface area contributed by atoms with Crippen molar-refractivity contribution in [3.63, 3.8) is 0 Å². The fourth-order valence-electron chi connectivity index (χ4n) is 3.26. The van der Waals surface area contributed by atoms with E-state index in [4.69, 9.17) is 46.4 Å². The minimum absolute atomic E-state index is 0.0550. The molecule has 4 heteroatoms. The molecule has 3 aliphatic carbocycles. The van der Waals surface area contributed by atoms with Gasteiger partial charge in [-0.2, -0.15) is 0 Å². The Morgan fingerprint density at radius 3 is 1.67 bits per heavy atom. The summed E-state index contributed by atoms with van der Waals surface area (Å²) >= 11 is 24.9. The molecule has 0 radical (unpaired) electrons. The van der Waals surface area contributed by atoms with Gasteiger partial charge in [0.15, 0.2) is 0 Å². The second-order valence-corrected chi connectivity index (χ2v) is 6.44. The van der Waals surface area contributed by atoms with E-state index < -0.39 is 0 Å². The van der Waals surface area contributed by atoms with Crippen molar-refractivity contribution in [3.8, 4) is 0 Å². The maximum atomic E-state index is 6.31. The molecule has 3 aliphatic rings. The van der Waals surface area contributed by atoms with Crippen molar-refractivity contribution in [3.05, 3.63) is 22.2 Å². The average Bonchev–Trinajstić information content (AvgIpc) is 2.39. The topological polar surface area (TPSA) is 0 Å². The quantitative estimate of drug-likeness (QED) is 0.580. The van der Waals surface area contributed by atoms with E-state index in [0.29, 0.717) is 23.7 Å². The Kier molecular flexibility index (Phi) is 2.56. The van der Waals surface area contributed by atoms with Crippen LogP contribution in [0.4, 0.5) is 0 Å². The summed E-state index contributed by atoms with van der Waals surface area (Å²) in [5, 5.41) is 1.47. The van der Waals surface area contributed by atoms with Crippen LogP contribution in [0.2, 0.25) is 0 Å². The van der Waals surface area contributed by atoms with Gasteiger partial charge in [0.25, 0.3) is 0 Å². The molecule has 0 aliphatic heterocycles. The molecule has 82 valence electrons. The number of hydrogen-bond donors (Lipinski definition) is 0. The summed E-state index contributed by atoms with van der Waals surface area (Å²) in [5.41, 5.74) is 0. The average molecular weight is 284 g/mol. The highest BCUT2D eigenvalue weighted by Gasteiger charge is 2.53. The molecular formula is C11H10Cl4. The van der Waals surface area contributed by atoms with Gasteiger partial charge in [-0.15, -0.1) is 23.2 Å². The van der Waals surface area contributed by atoms with E-state index in [-0.39, 0.29) is 10.8 Å². The molecule has 0 heterocycles. The highest BCUT2D eigenvalue weighted by Crippen LogP contribution is 2.58. The largest absolute Gasteiger partial charge is 0.117 e. The zero-order chi connectivity index (χ0) is 10.7. The lowest BCUT2D eigenvalue weighted by molar-refractivity contribution is 0.373. The van der Waals surface area contributed by atoms with Crippen LogP contribution in [0.25, 0.3) is 0 Å². The molecule has 0 nitrogen and oxygen atoms in total. The van der Waals surface area contributed by atoms with Gasteiger partial charge >= 0.3 is 0 Å². The summed E-state index contributed by atoms with van der Waals surface area (Å²) in [7, 11) is 0. The Hall–Kier alpha value is 0.640. The SMILES string of the molecule is ClC1=CC2[C@@H]3C=C(Cl)[C@H](Cl)[C@H]2C[C@@H]3[C@H]1Cl. The normalized spacial score (nSPS) is 52.5. The summed E-state index contributed by atoms with van der Waals surface area (Å²) in [6.07, 6.45) is 5.22. The van der Waals surface area contributed by atoms with Crippen LogP contribution < -0.4 is 0 Å². The molecule has 0 aromatic carbocycles. The maximum Gasteiger partial charge on any atom is 0.0723 e. The summed E-state index contributed by atoms with van der Waals surface area (Å²) in [6, 6.07) is 0. The van der Waals surface area contributed by atoms with E-state index >= 15 is 0 Å². The van der Waals surface area contributed by atoms with Gasteiger partial charge in [0, 0.05) is 10.1 Å². The molecule has 4 bridgehead atoms.